The lowest BCUT2D eigenvalue weighted by atomic mass is 10.1. The highest BCUT2D eigenvalue weighted by molar-refractivity contribution is 5.88. The van der Waals surface area contributed by atoms with Crippen LogP contribution in [0.25, 0.3) is 0 Å². The Labute approximate surface area is 112 Å². The van der Waals surface area contributed by atoms with Crippen LogP contribution in [0.3, 0.4) is 0 Å². The first-order chi connectivity index (χ1) is 8.97. The molecule has 7 nitrogen and oxygen atoms in total. The number of amides is 2. The average Bonchev–Trinajstić information content (AvgIpc) is 2.37. The Bertz CT molecular complexity index is 359. The van der Waals surface area contributed by atoms with Crippen LogP contribution < -0.4 is 10.6 Å². The predicted octanol–water partition coefficient (Wildman–Crippen LogP) is -0.824. The maximum atomic E-state index is 11.9. The van der Waals surface area contributed by atoms with Crippen LogP contribution in [0.15, 0.2) is 0 Å². The van der Waals surface area contributed by atoms with Crippen molar-refractivity contribution in [1.29, 1.82) is 0 Å². The van der Waals surface area contributed by atoms with Gasteiger partial charge in [0.1, 0.15) is 6.04 Å². The van der Waals surface area contributed by atoms with Crippen LogP contribution in [0.5, 0.6) is 0 Å². The van der Waals surface area contributed by atoms with E-state index in [0.717, 1.165) is 6.42 Å². The minimum absolute atomic E-state index is 0.174. The second-order valence-corrected chi connectivity index (χ2v) is 4.61. The summed E-state index contributed by atoms with van der Waals surface area (Å²) in [6.45, 7) is 5.13. The Kier molecular flexibility index (Phi) is 5.75. The monoisotopic (exact) mass is 271 g/mol. The third kappa shape index (κ3) is 4.20. The molecule has 0 bridgehead atoms. The molecule has 2 atom stereocenters. The molecule has 0 spiro atoms. The normalized spacial score (nSPS) is 21.6. The number of carboxylic acid groups (broad SMARTS) is 1. The van der Waals surface area contributed by atoms with Gasteiger partial charge in [0.2, 0.25) is 11.8 Å². The number of carbonyl (C=O) groups excluding carboxylic acids is 2. The molecule has 1 aliphatic rings. The van der Waals surface area contributed by atoms with E-state index in [1.807, 2.05) is 6.92 Å². The standard InChI is InChI=1S/C12H21N3O4/c1-3-4-13-11(18)8(2)15-6-5-14-12(19)9(15)7-10(16)17/h8-9H,3-7H2,1-2H3,(H,13,18)(H,14,19)(H,16,17). The Morgan fingerprint density at radius 1 is 1.58 bits per heavy atom. The summed E-state index contributed by atoms with van der Waals surface area (Å²) < 4.78 is 0. The molecule has 0 aromatic heterocycles. The van der Waals surface area contributed by atoms with E-state index in [4.69, 9.17) is 5.11 Å². The highest BCUT2D eigenvalue weighted by atomic mass is 16.4. The van der Waals surface area contributed by atoms with E-state index < -0.39 is 18.1 Å². The van der Waals surface area contributed by atoms with Crippen LogP contribution in [0, 0.1) is 0 Å². The van der Waals surface area contributed by atoms with Gasteiger partial charge in [-0.3, -0.25) is 19.3 Å². The molecule has 108 valence electrons. The Morgan fingerprint density at radius 2 is 2.26 bits per heavy atom. The highest BCUT2D eigenvalue weighted by Gasteiger charge is 2.36. The van der Waals surface area contributed by atoms with Crippen LogP contribution in [0.4, 0.5) is 0 Å². The fraction of sp³-hybridized carbons (Fsp3) is 0.750. The summed E-state index contributed by atoms with van der Waals surface area (Å²) in [6.07, 6.45) is 0.536. The molecule has 2 unspecified atom stereocenters. The Morgan fingerprint density at radius 3 is 2.84 bits per heavy atom. The lowest BCUT2D eigenvalue weighted by Crippen LogP contribution is -2.61. The van der Waals surface area contributed by atoms with Crippen LogP contribution in [0.1, 0.15) is 26.7 Å². The largest absolute Gasteiger partial charge is 0.481 e. The molecule has 7 heteroatoms. The van der Waals surface area contributed by atoms with Gasteiger partial charge in [-0.15, -0.1) is 0 Å². The van der Waals surface area contributed by atoms with Crippen molar-refractivity contribution in [3.63, 3.8) is 0 Å². The van der Waals surface area contributed by atoms with Crippen molar-refractivity contribution in [2.45, 2.75) is 38.8 Å². The van der Waals surface area contributed by atoms with E-state index in [0.29, 0.717) is 19.6 Å². The molecule has 0 radical (unpaired) electrons. The highest BCUT2D eigenvalue weighted by Crippen LogP contribution is 2.13. The number of hydrogen-bond acceptors (Lipinski definition) is 4. The van der Waals surface area contributed by atoms with Gasteiger partial charge in [0.05, 0.1) is 12.5 Å². The van der Waals surface area contributed by atoms with Crippen LogP contribution >= 0.6 is 0 Å². The first kappa shape index (κ1) is 15.4. The third-order valence-electron chi connectivity index (χ3n) is 3.17. The minimum Gasteiger partial charge on any atom is -0.481 e. The van der Waals surface area contributed by atoms with Crippen molar-refractivity contribution in [3.05, 3.63) is 0 Å². The van der Waals surface area contributed by atoms with Gasteiger partial charge in [-0.2, -0.15) is 0 Å². The zero-order valence-corrected chi connectivity index (χ0v) is 11.3. The molecular weight excluding hydrogens is 250 g/mol. The molecule has 1 heterocycles. The van der Waals surface area contributed by atoms with Crippen LogP contribution in [-0.4, -0.2) is 59.5 Å². The quantitative estimate of drug-likeness (QED) is 0.586. The van der Waals surface area contributed by atoms with E-state index in [9.17, 15) is 14.4 Å². The number of carboxylic acids is 1. The summed E-state index contributed by atoms with van der Waals surface area (Å²) in [4.78, 5) is 36.1. The summed E-state index contributed by atoms with van der Waals surface area (Å²) in [5, 5.41) is 14.2. The third-order valence-corrected chi connectivity index (χ3v) is 3.17. The Balaban J connectivity index is 2.72. The van der Waals surface area contributed by atoms with Crippen molar-refractivity contribution in [2.75, 3.05) is 19.6 Å². The molecule has 2 amide bonds. The molecule has 1 aliphatic heterocycles. The number of nitrogens with zero attached hydrogens (tertiary/aromatic N) is 1. The second kappa shape index (κ2) is 7.08. The van der Waals surface area contributed by atoms with Gasteiger partial charge in [-0.1, -0.05) is 6.92 Å². The minimum atomic E-state index is -1.05. The zero-order chi connectivity index (χ0) is 14.4. The van der Waals surface area contributed by atoms with Gasteiger partial charge in [0.15, 0.2) is 0 Å². The van der Waals surface area contributed by atoms with Gasteiger partial charge >= 0.3 is 5.97 Å². The molecule has 0 saturated carbocycles. The smallest absolute Gasteiger partial charge is 0.305 e. The van der Waals surface area contributed by atoms with Gasteiger partial charge in [-0.05, 0) is 13.3 Å². The maximum absolute atomic E-state index is 11.9. The molecule has 0 aromatic rings. The van der Waals surface area contributed by atoms with E-state index in [1.54, 1.807) is 11.8 Å². The predicted molar refractivity (Wildman–Crippen MR) is 68.5 cm³/mol. The van der Waals surface area contributed by atoms with Crippen molar-refractivity contribution < 1.29 is 19.5 Å². The molecule has 0 aliphatic carbocycles. The summed E-state index contributed by atoms with van der Waals surface area (Å²) in [5.41, 5.74) is 0. The second-order valence-electron chi connectivity index (χ2n) is 4.61. The van der Waals surface area contributed by atoms with E-state index in [2.05, 4.69) is 10.6 Å². The van der Waals surface area contributed by atoms with Crippen LogP contribution in [-0.2, 0) is 14.4 Å². The maximum Gasteiger partial charge on any atom is 0.305 e. The van der Waals surface area contributed by atoms with Crippen molar-refractivity contribution in [3.8, 4) is 0 Å². The van der Waals surface area contributed by atoms with Crippen LogP contribution in [0.2, 0.25) is 0 Å². The molecule has 3 N–H and O–H groups in total. The first-order valence-corrected chi connectivity index (χ1v) is 6.50. The fourth-order valence-corrected chi connectivity index (χ4v) is 2.12. The lowest BCUT2D eigenvalue weighted by molar-refractivity contribution is -0.145. The zero-order valence-electron chi connectivity index (χ0n) is 11.3. The van der Waals surface area contributed by atoms with E-state index in [1.165, 1.54) is 0 Å². The number of rotatable bonds is 6. The first-order valence-electron chi connectivity index (χ1n) is 6.50. The van der Waals surface area contributed by atoms with E-state index in [-0.39, 0.29) is 18.2 Å². The molecule has 1 fully saturated rings. The number of hydrogen-bond donors (Lipinski definition) is 3. The van der Waals surface area contributed by atoms with E-state index >= 15 is 0 Å². The van der Waals surface area contributed by atoms with Gasteiger partial charge in [-0.25, -0.2) is 0 Å². The average molecular weight is 271 g/mol. The molecule has 1 saturated heterocycles. The molecule has 19 heavy (non-hydrogen) atoms. The molecular formula is C12H21N3O4. The SMILES string of the molecule is CCCNC(=O)C(C)N1CCNC(=O)C1CC(=O)O. The van der Waals surface area contributed by atoms with Crippen molar-refractivity contribution in [2.24, 2.45) is 0 Å². The fourth-order valence-electron chi connectivity index (χ4n) is 2.12. The van der Waals surface area contributed by atoms with Gasteiger partial charge in [0.25, 0.3) is 0 Å². The summed E-state index contributed by atoms with van der Waals surface area (Å²) in [5.74, 6) is -1.55. The van der Waals surface area contributed by atoms with Gasteiger partial charge < -0.3 is 15.7 Å². The Hall–Kier alpha value is -1.63. The molecule has 1 rings (SSSR count). The summed E-state index contributed by atoms with van der Waals surface area (Å²) >= 11 is 0. The van der Waals surface area contributed by atoms with Crippen molar-refractivity contribution in [1.82, 2.24) is 15.5 Å². The summed E-state index contributed by atoms with van der Waals surface area (Å²) in [7, 11) is 0. The number of aliphatic carboxylic acids is 1. The molecule has 0 aromatic carbocycles. The van der Waals surface area contributed by atoms with Gasteiger partial charge in [0, 0.05) is 19.6 Å². The topological polar surface area (TPSA) is 98.7 Å². The summed E-state index contributed by atoms with van der Waals surface area (Å²) in [6, 6.07) is -1.30. The lowest BCUT2D eigenvalue weighted by Gasteiger charge is -2.37. The number of nitrogens with one attached hydrogen (secondary N) is 2. The number of carbonyl (C=O) groups is 3. The number of piperazine rings is 1. The van der Waals surface area contributed by atoms with Crippen molar-refractivity contribution >= 4 is 17.8 Å².